The topological polar surface area (TPSA) is 27.7 Å². The molecule has 0 aliphatic rings. The third-order valence-corrected chi connectivity index (χ3v) is 0.350. The molecule has 0 fully saturated rings. The number of ether oxygens (including phenoxy) is 3. The molecule has 0 unspecified atom stereocenters. The predicted molar refractivity (Wildman–Crippen MR) is 24.3 cm³/mol. The second-order valence-corrected chi connectivity index (χ2v) is 0.905. The van der Waals surface area contributed by atoms with Gasteiger partial charge < -0.3 is 14.2 Å². The van der Waals surface area contributed by atoms with Gasteiger partial charge >= 0.3 is 0 Å². The third kappa shape index (κ3) is 5.88. The van der Waals surface area contributed by atoms with Gasteiger partial charge in [-0.15, -0.1) is 0 Å². The molecule has 0 rings (SSSR count). The lowest BCUT2D eigenvalue weighted by atomic mass is 11.3. The van der Waals surface area contributed by atoms with Crippen LogP contribution >= 0.6 is 0 Å². The molecule has 0 N–H and O–H groups in total. The van der Waals surface area contributed by atoms with Crippen LogP contribution in [0.4, 0.5) is 0 Å². The van der Waals surface area contributed by atoms with Gasteiger partial charge in [-0.2, -0.15) is 0 Å². The van der Waals surface area contributed by atoms with E-state index >= 15 is 0 Å². The van der Waals surface area contributed by atoms with Crippen LogP contribution in [-0.2, 0) is 14.2 Å². The SMILES string of the molecule is CO[CH]OCOC. The Morgan fingerprint density at radius 3 is 2.57 bits per heavy atom. The highest BCUT2D eigenvalue weighted by atomic mass is 16.7. The van der Waals surface area contributed by atoms with Gasteiger partial charge in [0.1, 0.15) is 6.79 Å². The maximum Gasteiger partial charge on any atom is 0.211 e. The Hall–Kier alpha value is -0.120. The first-order valence-corrected chi connectivity index (χ1v) is 1.87. The molecule has 7 heavy (non-hydrogen) atoms. The van der Waals surface area contributed by atoms with Crippen LogP contribution < -0.4 is 0 Å². The molecule has 3 nitrogen and oxygen atoms in total. The van der Waals surface area contributed by atoms with Crippen molar-refractivity contribution in [3.05, 3.63) is 6.79 Å². The van der Waals surface area contributed by atoms with Crippen molar-refractivity contribution in [2.45, 2.75) is 0 Å². The van der Waals surface area contributed by atoms with Gasteiger partial charge in [-0.3, -0.25) is 0 Å². The Balaban J connectivity index is 2.45. The maximum atomic E-state index is 4.56. The molecular weight excluding hydrogens is 96.0 g/mol. The van der Waals surface area contributed by atoms with Crippen LogP contribution in [0.3, 0.4) is 0 Å². The summed E-state index contributed by atoms with van der Waals surface area (Å²) in [6.45, 7) is 1.46. The standard InChI is InChI=1S/C4H9O3/c1-5-3-7-4-6-2/h3H,4H2,1-2H3. The van der Waals surface area contributed by atoms with Gasteiger partial charge in [0.15, 0.2) is 0 Å². The van der Waals surface area contributed by atoms with E-state index < -0.39 is 0 Å². The molecule has 0 saturated carbocycles. The van der Waals surface area contributed by atoms with Crippen LogP contribution in [0.25, 0.3) is 0 Å². The molecule has 1 radical (unpaired) electrons. The first kappa shape index (κ1) is 6.88. The summed E-state index contributed by atoms with van der Waals surface area (Å²) < 4.78 is 13.5. The summed E-state index contributed by atoms with van der Waals surface area (Å²) >= 11 is 0. The number of methoxy groups -OCH3 is 2. The Kier molecular flexibility index (Phi) is 5.78. The number of rotatable bonds is 4. The van der Waals surface area contributed by atoms with Crippen molar-refractivity contribution in [2.24, 2.45) is 0 Å². The second-order valence-electron chi connectivity index (χ2n) is 0.905. The van der Waals surface area contributed by atoms with E-state index in [1.54, 1.807) is 7.11 Å². The smallest absolute Gasteiger partial charge is 0.211 e. The first-order valence-electron chi connectivity index (χ1n) is 1.87. The van der Waals surface area contributed by atoms with Crippen LogP contribution in [-0.4, -0.2) is 21.0 Å². The summed E-state index contributed by atoms with van der Waals surface area (Å²) in [5.74, 6) is 0. The third-order valence-electron chi connectivity index (χ3n) is 0.350. The zero-order chi connectivity index (χ0) is 5.54. The number of hydrogen-bond acceptors (Lipinski definition) is 3. The zero-order valence-corrected chi connectivity index (χ0v) is 4.51. The lowest BCUT2D eigenvalue weighted by Gasteiger charge is -1.95. The van der Waals surface area contributed by atoms with E-state index in [4.69, 9.17) is 0 Å². The molecule has 43 valence electrons. The van der Waals surface area contributed by atoms with E-state index in [1.807, 2.05) is 0 Å². The largest absolute Gasteiger partial charge is 0.359 e. The summed E-state index contributed by atoms with van der Waals surface area (Å²) in [5, 5.41) is 0. The Labute approximate surface area is 43.2 Å². The van der Waals surface area contributed by atoms with Crippen molar-refractivity contribution in [3.63, 3.8) is 0 Å². The van der Waals surface area contributed by atoms with Crippen molar-refractivity contribution in [1.29, 1.82) is 0 Å². The number of hydrogen-bond donors (Lipinski definition) is 0. The molecule has 0 amide bonds. The summed E-state index contributed by atoms with van der Waals surface area (Å²) in [4.78, 5) is 0. The van der Waals surface area contributed by atoms with E-state index in [0.717, 1.165) is 0 Å². The molecular formula is C4H9O3. The molecule has 0 heterocycles. The van der Waals surface area contributed by atoms with Gasteiger partial charge in [-0.25, -0.2) is 0 Å². The lowest BCUT2D eigenvalue weighted by molar-refractivity contribution is -0.0566. The van der Waals surface area contributed by atoms with Crippen LogP contribution in [0, 0.1) is 6.79 Å². The van der Waals surface area contributed by atoms with Gasteiger partial charge in [0.2, 0.25) is 6.79 Å². The summed E-state index contributed by atoms with van der Waals surface area (Å²) in [7, 11) is 3.05. The first-order chi connectivity index (χ1) is 3.41. The minimum Gasteiger partial charge on any atom is -0.359 e. The summed E-state index contributed by atoms with van der Waals surface area (Å²) in [6, 6.07) is 0. The van der Waals surface area contributed by atoms with Crippen molar-refractivity contribution in [3.8, 4) is 0 Å². The molecule has 0 spiro atoms. The minimum absolute atomic E-state index is 0.244. The van der Waals surface area contributed by atoms with Gasteiger partial charge in [0, 0.05) is 14.2 Å². The molecule has 0 aromatic heterocycles. The molecule has 0 aromatic rings. The van der Waals surface area contributed by atoms with E-state index in [1.165, 1.54) is 13.9 Å². The fourth-order valence-electron chi connectivity index (χ4n) is 0.164. The zero-order valence-electron chi connectivity index (χ0n) is 4.51. The molecule has 0 bridgehead atoms. The second kappa shape index (κ2) is 5.88. The molecule has 0 atom stereocenters. The average Bonchev–Trinajstić information content (AvgIpc) is 1.69. The van der Waals surface area contributed by atoms with Crippen LogP contribution in [0.2, 0.25) is 0 Å². The fraction of sp³-hybridized carbons (Fsp3) is 0.750. The monoisotopic (exact) mass is 105 g/mol. The minimum atomic E-state index is 0.244. The quantitative estimate of drug-likeness (QED) is 0.382. The van der Waals surface area contributed by atoms with Crippen molar-refractivity contribution in [2.75, 3.05) is 21.0 Å². The van der Waals surface area contributed by atoms with Gasteiger partial charge in [-0.05, 0) is 0 Å². The maximum absolute atomic E-state index is 4.56. The van der Waals surface area contributed by atoms with Gasteiger partial charge in [-0.1, -0.05) is 0 Å². The summed E-state index contributed by atoms with van der Waals surface area (Å²) in [6.07, 6.45) is 0. The highest BCUT2D eigenvalue weighted by Gasteiger charge is 1.78. The Morgan fingerprint density at radius 1 is 1.43 bits per heavy atom. The highest BCUT2D eigenvalue weighted by molar-refractivity contribution is 4.16. The van der Waals surface area contributed by atoms with Crippen LogP contribution in [0.5, 0.6) is 0 Å². The fourth-order valence-corrected chi connectivity index (χ4v) is 0.164. The normalized spacial score (nSPS) is 9.43. The van der Waals surface area contributed by atoms with E-state index in [9.17, 15) is 0 Å². The molecule has 0 saturated heterocycles. The van der Waals surface area contributed by atoms with Crippen molar-refractivity contribution >= 4 is 0 Å². The van der Waals surface area contributed by atoms with Gasteiger partial charge in [0.05, 0.1) is 0 Å². The van der Waals surface area contributed by atoms with E-state index in [2.05, 4.69) is 14.2 Å². The van der Waals surface area contributed by atoms with Crippen LogP contribution in [0.1, 0.15) is 0 Å². The lowest BCUT2D eigenvalue weighted by Crippen LogP contribution is -1.93. The highest BCUT2D eigenvalue weighted by Crippen LogP contribution is 1.78. The average molecular weight is 105 g/mol. The van der Waals surface area contributed by atoms with Crippen LogP contribution in [0.15, 0.2) is 0 Å². The van der Waals surface area contributed by atoms with E-state index in [-0.39, 0.29) is 6.79 Å². The van der Waals surface area contributed by atoms with Gasteiger partial charge in [0.25, 0.3) is 0 Å². The molecule has 3 heteroatoms. The summed E-state index contributed by atoms with van der Waals surface area (Å²) in [5.41, 5.74) is 0. The van der Waals surface area contributed by atoms with Crippen molar-refractivity contribution in [1.82, 2.24) is 0 Å². The predicted octanol–water partition coefficient (Wildman–Crippen LogP) is 0.373. The Bertz CT molecular complexity index is 26.1. The van der Waals surface area contributed by atoms with E-state index in [0.29, 0.717) is 0 Å². The molecule has 0 aromatic carbocycles. The molecule has 0 aliphatic carbocycles. The van der Waals surface area contributed by atoms with Crippen molar-refractivity contribution < 1.29 is 14.2 Å². The molecule has 0 aliphatic heterocycles. The Morgan fingerprint density at radius 2 is 2.14 bits per heavy atom.